The van der Waals surface area contributed by atoms with Gasteiger partial charge < -0.3 is 10.1 Å². The van der Waals surface area contributed by atoms with Gasteiger partial charge in [0.1, 0.15) is 6.10 Å². The van der Waals surface area contributed by atoms with E-state index in [0.29, 0.717) is 18.7 Å². The molecule has 1 aliphatic heterocycles. The van der Waals surface area contributed by atoms with E-state index in [2.05, 4.69) is 20.5 Å². The number of ketones is 1. The first-order chi connectivity index (χ1) is 11.2. The molecule has 2 N–H and O–H groups in total. The fraction of sp³-hybridized carbons (Fsp3) is 0.438. The molecular weight excluding hydrogens is 299 g/mol. The van der Waals surface area contributed by atoms with Crippen molar-refractivity contribution in [2.24, 2.45) is 0 Å². The Morgan fingerprint density at radius 1 is 1.48 bits per heavy atom. The maximum absolute atomic E-state index is 13.9. The predicted octanol–water partition coefficient (Wildman–Crippen LogP) is 1.59. The Kier molecular flexibility index (Phi) is 4.78. The Morgan fingerprint density at radius 3 is 2.96 bits per heavy atom. The molecule has 2 aromatic rings. The van der Waals surface area contributed by atoms with Crippen molar-refractivity contribution in [3.05, 3.63) is 46.8 Å². The molecule has 3 rings (SSSR count). The van der Waals surface area contributed by atoms with Crippen LogP contribution in [-0.4, -0.2) is 40.7 Å². The zero-order valence-electron chi connectivity index (χ0n) is 12.9. The highest BCUT2D eigenvalue weighted by atomic mass is 19.1. The number of nitrogens with zero attached hydrogens (tertiary/aromatic N) is 2. The van der Waals surface area contributed by atoms with E-state index in [4.69, 9.17) is 4.74 Å². The number of pyridine rings is 1. The van der Waals surface area contributed by atoms with Crippen molar-refractivity contribution in [3.8, 4) is 0 Å². The van der Waals surface area contributed by atoms with Gasteiger partial charge in [-0.05, 0) is 18.1 Å². The van der Waals surface area contributed by atoms with E-state index >= 15 is 0 Å². The van der Waals surface area contributed by atoms with E-state index in [-0.39, 0.29) is 24.0 Å². The molecule has 0 bridgehead atoms. The number of aryl methyl sites for hydroxylation is 1. The monoisotopic (exact) mass is 318 g/mol. The van der Waals surface area contributed by atoms with Gasteiger partial charge in [0, 0.05) is 25.7 Å². The molecule has 1 saturated heterocycles. The Morgan fingerprint density at radius 2 is 2.35 bits per heavy atom. The summed E-state index contributed by atoms with van der Waals surface area (Å²) >= 11 is 0. The number of carbonyl (C=O) groups excluding carboxylic acids is 1. The number of morpholine rings is 1. The highest BCUT2D eigenvalue weighted by molar-refractivity contribution is 5.96. The van der Waals surface area contributed by atoms with Gasteiger partial charge in [-0.1, -0.05) is 13.0 Å². The molecule has 6 nitrogen and oxygen atoms in total. The summed E-state index contributed by atoms with van der Waals surface area (Å²) in [7, 11) is 0. The van der Waals surface area contributed by atoms with Gasteiger partial charge in [0.2, 0.25) is 0 Å². The van der Waals surface area contributed by atoms with Crippen LogP contribution in [0.1, 0.15) is 40.5 Å². The lowest BCUT2D eigenvalue weighted by atomic mass is 10.1. The lowest BCUT2D eigenvalue weighted by molar-refractivity contribution is 0.0250. The lowest BCUT2D eigenvalue weighted by Crippen LogP contribution is -2.33. The van der Waals surface area contributed by atoms with Crippen LogP contribution in [0.25, 0.3) is 0 Å². The summed E-state index contributed by atoms with van der Waals surface area (Å²) in [5.74, 6) is -0.910. The van der Waals surface area contributed by atoms with Crippen LogP contribution >= 0.6 is 0 Å². The molecule has 0 radical (unpaired) electrons. The van der Waals surface area contributed by atoms with Gasteiger partial charge in [-0.15, -0.1) is 0 Å². The summed E-state index contributed by atoms with van der Waals surface area (Å²) in [4.78, 5) is 16.5. The van der Waals surface area contributed by atoms with Crippen LogP contribution in [0.3, 0.4) is 0 Å². The number of ether oxygens (including phenoxy) is 1. The summed E-state index contributed by atoms with van der Waals surface area (Å²) in [5, 5.41) is 9.58. The van der Waals surface area contributed by atoms with Crippen molar-refractivity contribution in [1.29, 1.82) is 0 Å². The van der Waals surface area contributed by atoms with E-state index < -0.39 is 5.82 Å². The third-order valence-corrected chi connectivity index (χ3v) is 3.86. The highest BCUT2D eigenvalue weighted by Gasteiger charge is 2.20. The Bertz CT molecular complexity index is 678. The van der Waals surface area contributed by atoms with Crippen molar-refractivity contribution >= 4 is 5.78 Å². The number of halogens is 1. The Labute approximate surface area is 133 Å². The first-order valence-electron chi connectivity index (χ1n) is 7.72. The topological polar surface area (TPSA) is 79.9 Å². The van der Waals surface area contributed by atoms with Gasteiger partial charge in [-0.3, -0.25) is 14.9 Å². The molecule has 0 saturated carbocycles. The number of hydrogen-bond acceptors (Lipinski definition) is 5. The zero-order valence-corrected chi connectivity index (χ0v) is 12.9. The molecule has 1 aliphatic rings. The van der Waals surface area contributed by atoms with Gasteiger partial charge >= 0.3 is 0 Å². The van der Waals surface area contributed by atoms with Crippen LogP contribution in [0.4, 0.5) is 4.39 Å². The molecule has 1 fully saturated rings. The molecule has 3 heterocycles. The van der Waals surface area contributed by atoms with Crippen molar-refractivity contribution in [2.45, 2.75) is 25.9 Å². The molecule has 0 amide bonds. The van der Waals surface area contributed by atoms with Crippen LogP contribution < -0.4 is 5.32 Å². The largest absolute Gasteiger partial charge is 0.369 e. The number of nitrogens with one attached hydrogen (secondary N) is 2. The van der Waals surface area contributed by atoms with E-state index in [1.54, 1.807) is 13.1 Å². The zero-order chi connectivity index (χ0) is 16.2. The summed E-state index contributed by atoms with van der Waals surface area (Å²) in [6.07, 6.45) is 2.11. The van der Waals surface area contributed by atoms with Gasteiger partial charge in [0.25, 0.3) is 0 Å². The smallest absolute Gasteiger partial charge is 0.190 e. The summed E-state index contributed by atoms with van der Waals surface area (Å²) in [6.45, 7) is 4.03. The Balaban J connectivity index is 1.67. The average molecular weight is 318 g/mol. The third-order valence-electron chi connectivity index (χ3n) is 3.86. The molecule has 7 heteroatoms. The second-order valence-corrected chi connectivity index (χ2v) is 5.47. The number of hydrogen-bond donors (Lipinski definition) is 2. The first-order valence-corrected chi connectivity index (χ1v) is 7.72. The summed E-state index contributed by atoms with van der Waals surface area (Å²) in [6, 6.07) is 3.67. The van der Waals surface area contributed by atoms with Gasteiger partial charge in [0.05, 0.1) is 18.0 Å². The molecule has 1 atom stereocenters. The van der Waals surface area contributed by atoms with Crippen LogP contribution in [0.5, 0.6) is 0 Å². The van der Waals surface area contributed by atoms with Crippen LogP contribution in [-0.2, 0) is 17.6 Å². The minimum absolute atomic E-state index is 0.0654. The SMILES string of the molecule is CCc1[nH]nc(C(=O)Cc2ccc([C@@H]3CNCCO3)nc2)c1F. The first kappa shape index (κ1) is 15.8. The van der Waals surface area contributed by atoms with Gasteiger partial charge in [-0.2, -0.15) is 5.10 Å². The van der Waals surface area contributed by atoms with Crippen molar-refractivity contribution in [2.75, 3.05) is 19.7 Å². The standard InChI is InChI=1S/C16H19FN4O2/c1-2-11-15(17)16(21-20-11)13(22)7-10-3-4-12(19-8-10)14-9-18-5-6-23-14/h3-4,8,14,18H,2,5-7,9H2,1H3,(H,20,21)/t14-/m0/s1. The fourth-order valence-corrected chi connectivity index (χ4v) is 2.54. The average Bonchev–Trinajstić information content (AvgIpc) is 2.97. The van der Waals surface area contributed by atoms with Crippen molar-refractivity contribution in [3.63, 3.8) is 0 Å². The molecule has 0 unspecified atom stereocenters. The van der Waals surface area contributed by atoms with Crippen LogP contribution in [0.15, 0.2) is 18.3 Å². The maximum Gasteiger partial charge on any atom is 0.190 e. The number of Topliss-reactive ketones (excluding diaryl/α,β-unsaturated/α-hetero) is 1. The molecule has 2 aromatic heterocycles. The molecule has 23 heavy (non-hydrogen) atoms. The highest BCUT2D eigenvalue weighted by Crippen LogP contribution is 2.18. The summed E-state index contributed by atoms with van der Waals surface area (Å²) in [5.41, 5.74) is 1.77. The maximum atomic E-state index is 13.9. The molecule has 0 aromatic carbocycles. The number of carbonyl (C=O) groups is 1. The summed E-state index contributed by atoms with van der Waals surface area (Å²) < 4.78 is 19.6. The third kappa shape index (κ3) is 3.46. The lowest BCUT2D eigenvalue weighted by Gasteiger charge is -2.23. The van der Waals surface area contributed by atoms with E-state index in [0.717, 1.165) is 24.3 Å². The molecular formula is C16H19FN4O2. The van der Waals surface area contributed by atoms with Gasteiger partial charge in [0.15, 0.2) is 17.3 Å². The number of rotatable bonds is 5. The second-order valence-electron chi connectivity index (χ2n) is 5.47. The van der Waals surface area contributed by atoms with E-state index in [9.17, 15) is 9.18 Å². The van der Waals surface area contributed by atoms with E-state index in [1.165, 1.54) is 0 Å². The Hall–Kier alpha value is -2.12. The second kappa shape index (κ2) is 6.97. The molecule has 122 valence electrons. The number of aromatic nitrogens is 3. The molecule has 0 aliphatic carbocycles. The quantitative estimate of drug-likeness (QED) is 0.819. The molecule has 0 spiro atoms. The number of aromatic amines is 1. The minimum Gasteiger partial charge on any atom is -0.369 e. The van der Waals surface area contributed by atoms with Crippen molar-refractivity contribution < 1.29 is 13.9 Å². The van der Waals surface area contributed by atoms with Crippen LogP contribution in [0.2, 0.25) is 0 Å². The predicted molar refractivity (Wildman–Crippen MR) is 81.8 cm³/mol. The van der Waals surface area contributed by atoms with Crippen molar-refractivity contribution in [1.82, 2.24) is 20.5 Å². The van der Waals surface area contributed by atoms with Gasteiger partial charge in [-0.25, -0.2) is 4.39 Å². The van der Waals surface area contributed by atoms with Crippen LogP contribution in [0, 0.1) is 5.82 Å². The fourth-order valence-electron chi connectivity index (χ4n) is 2.54. The number of H-pyrrole nitrogens is 1. The minimum atomic E-state index is -0.552. The normalized spacial score (nSPS) is 18.1. The van der Waals surface area contributed by atoms with E-state index in [1.807, 2.05) is 12.1 Å².